The predicted molar refractivity (Wildman–Crippen MR) is 123 cm³/mol. The average molecular weight is 419 g/mol. The number of aryl methyl sites for hydroxylation is 3. The molecular formula is C24H26N4OS. The van der Waals surface area contributed by atoms with Crippen molar-refractivity contribution in [2.45, 2.75) is 39.7 Å². The van der Waals surface area contributed by atoms with Crippen molar-refractivity contribution in [3.8, 4) is 0 Å². The lowest BCUT2D eigenvalue weighted by atomic mass is 10.1. The first-order chi connectivity index (χ1) is 14.6. The van der Waals surface area contributed by atoms with E-state index in [1.807, 2.05) is 34.1 Å². The van der Waals surface area contributed by atoms with Crippen molar-refractivity contribution in [3.63, 3.8) is 0 Å². The van der Waals surface area contributed by atoms with Crippen molar-refractivity contribution < 1.29 is 4.79 Å². The van der Waals surface area contributed by atoms with E-state index in [1.54, 1.807) is 17.5 Å². The normalized spacial score (nSPS) is 11.1. The van der Waals surface area contributed by atoms with E-state index < -0.39 is 0 Å². The lowest BCUT2D eigenvalue weighted by Crippen LogP contribution is -2.33. The van der Waals surface area contributed by atoms with Gasteiger partial charge in [0, 0.05) is 25.5 Å². The molecule has 0 unspecified atom stereocenters. The highest BCUT2D eigenvalue weighted by Gasteiger charge is 2.20. The van der Waals surface area contributed by atoms with Crippen molar-refractivity contribution in [1.82, 2.24) is 14.5 Å². The summed E-state index contributed by atoms with van der Waals surface area (Å²) in [7, 11) is 0. The van der Waals surface area contributed by atoms with Crippen LogP contribution in [0.5, 0.6) is 0 Å². The molecular weight excluding hydrogens is 392 g/mol. The number of hydrogen-bond donors (Lipinski definition) is 0. The number of anilines is 1. The van der Waals surface area contributed by atoms with Crippen molar-refractivity contribution in [1.29, 1.82) is 0 Å². The molecule has 0 aliphatic rings. The summed E-state index contributed by atoms with van der Waals surface area (Å²) in [4.78, 5) is 24.0. The van der Waals surface area contributed by atoms with E-state index in [2.05, 4.69) is 49.2 Å². The Morgan fingerprint density at radius 3 is 2.83 bits per heavy atom. The van der Waals surface area contributed by atoms with Gasteiger partial charge in [-0.15, -0.1) is 0 Å². The second-order valence-electron chi connectivity index (χ2n) is 7.52. The van der Waals surface area contributed by atoms with Gasteiger partial charge in [-0.05, 0) is 43.0 Å². The molecule has 0 atom stereocenters. The summed E-state index contributed by atoms with van der Waals surface area (Å²) in [6.07, 6.45) is 7.74. The number of benzene rings is 2. The average Bonchev–Trinajstić information content (AvgIpc) is 3.40. The molecule has 1 amide bonds. The van der Waals surface area contributed by atoms with Crippen LogP contribution in [-0.4, -0.2) is 27.0 Å². The van der Waals surface area contributed by atoms with Crippen LogP contribution in [0.2, 0.25) is 0 Å². The van der Waals surface area contributed by atoms with Crippen LogP contribution in [0.15, 0.2) is 61.2 Å². The van der Waals surface area contributed by atoms with Gasteiger partial charge >= 0.3 is 0 Å². The zero-order valence-electron chi connectivity index (χ0n) is 17.4. The molecule has 2 aromatic heterocycles. The van der Waals surface area contributed by atoms with Gasteiger partial charge in [-0.25, -0.2) is 9.97 Å². The summed E-state index contributed by atoms with van der Waals surface area (Å²) in [5.41, 5.74) is 4.44. The maximum Gasteiger partial charge on any atom is 0.233 e. The van der Waals surface area contributed by atoms with Crippen LogP contribution < -0.4 is 4.90 Å². The molecule has 2 heterocycles. The van der Waals surface area contributed by atoms with Gasteiger partial charge in [0.1, 0.15) is 0 Å². The molecule has 6 heteroatoms. The third-order valence-corrected chi connectivity index (χ3v) is 6.22. The van der Waals surface area contributed by atoms with E-state index in [0.717, 1.165) is 40.3 Å². The van der Waals surface area contributed by atoms with Gasteiger partial charge in [-0.1, -0.05) is 54.2 Å². The molecule has 0 N–H and O–H groups in total. The molecule has 30 heavy (non-hydrogen) atoms. The monoisotopic (exact) mass is 418 g/mol. The SMILES string of the molecule is CCc1ccc2nc(N(CCCn3ccnc3)C(=O)Cc3cccc(C)c3)sc2c1. The number of amides is 1. The lowest BCUT2D eigenvalue weighted by molar-refractivity contribution is -0.118. The number of carbonyl (C=O) groups is 1. The fourth-order valence-electron chi connectivity index (χ4n) is 3.54. The smallest absolute Gasteiger partial charge is 0.233 e. The standard InChI is InChI=1S/C24H26N4OS/c1-3-19-8-9-21-22(15-19)30-24(26-21)28(12-5-11-27-13-10-25-17-27)23(29)16-20-7-4-6-18(2)14-20/h4,6-10,13-15,17H,3,5,11-12,16H2,1-2H3. The van der Waals surface area contributed by atoms with E-state index in [1.165, 1.54) is 11.1 Å². The van der Waals surface area contributed by atoms with E-state index in [4.69, 9.17) is 4.98 Å². The quantitative estimate of drug-likeness (QED) is 0.403. The minimum absolute atomic E-state index is 0.0843. The second-order valence-corrected chi connectivity index (χ2v) is 8.53. The number of aromatic nitrogens is 3. The maximum atomic E-state index is 13.3. The highest BCUT2D eigenvalue weighted by molar-refractivity contribution is 7.22. The fourth-order valence-corrected chi connectivity index (χ4v) is 4.61. The van der Waals surface area contributed by atoms with Gasteiger partial charge in [0.15, 0.2) is 5.13 Å². The van der Waals surface area contributed by atoms with Gasteiger partial charge in [-0.3, -0.25) is 9.69 Å². The highest BCUT2D eigenvalue weighted by atomic mass is 32.1. The van der Waals surface area contributed by atoms with E-state index in [-0.39, 0.29) is 5.91 Å². The number of thiazole rings is 1. The Labute approximate surface area is 181 Å². The number of hydrogen-bond acceptors (Lipinski definition) is 4. The van der Waals surface area contributed by atoms with Crippen molar-refractivity contribution in [2.24, 2.45) is 0 Å². The molecule has 154 valence electrons. The molecule has 2 aromatic carbocycles. The van der Waals surface area contributed by atoms with Crippen LogP contribution >= 0.6 is 11.3 Å². The minimum atomic E-state index is 0.0843. The van der Waals surface area contributed by atoms with Gasteiger partial charge < -0.3 is 4.57 Å². The molecule has 0 fully saturated rings. The molecule has 5 nitrogen and oxygen atoms in total. The summed E-state index contributed by atoms with van der Waals surface area (Å²) in [5, 5.41) is 0.779. The first-order valence-corrected chi connectivity index (χ1v) is 11.1. The molecule has 0 aliphatic heterocycles. The Morgan fingerprint density at radius 1 is 1.17 bits per heavy atom. The zero-order chi connectivity index (χ0) is 20.9. The van der Waals surface area contributed by atoms with Crippen molar-refractivity contribution in [2.75, 3.05) is 11.4 Å². The third-order valence-electron chi connectivity index (χ3n) is 5.18. The molecule has 0 aliphatic carbocycles. The van der Waals surface area contributed by atoms with Crippen LogP contribution in [0.3, 0.4) is 0 Å². The van der Waals surface area contributed by atoms with Crippen LogP contribution in [0.4, 0.5) is 5.13 Å². The summed E-state index contributed by atoms with van der Waals surface area (Å²) >= 11 is 1.60. The van der Waals surface area contributed by atoms with Gasteiger partial charge in [0.2, 0.25) is 5.91 Å². The molecule has 0 radical (unpaired) electrons. The van der Waals surface area contributed by atoms with Crippen LogP contribution in [0, 0.1) is 6.92 Å². The van der Waals surface area contributed by atoms with Crippen LogP contribution in [-0.2, 0) is 24.2 Å². The van der Waals surface area contributed by atoms with Crippen molar-refractivity contribution in [3.05, 3.63) is 77.9 Å². The molecule has 0 saturated heterocycles. The molecule has 0 bridgehead atoms. The summed E-state index contributed by atoms with van der Waals surface area (Å²) in [6.45, 7) is 5.65. The summed E-state index contributed by atoms with van der Waals surface area (Å²) in [5.74, 6) is 0.0843. The Kier molecular flexibility index (Phi) is 6.23. The Bertz CT molecular complexity index is 1130. The molecule has 0 spiro atoms. The molecule has 4 rings (SSSR count). The Hall–Kier alpha value is -2.99. The van der Waals surface area contributed by atoms with Crippen LogP contribution in [0.25, 0.3) is 10.2 Å². The molecule has 4 aromatic rings. The minimum Gasteiger partial charge on any atom is -0.337 e. The first-order valence-electron chi connectivity index (χ1n) is 10.3. The number of nitrogens with zero attached hydrogens (tertiary/aromatic N) is 4. The Balaban J connectivity index is 1.57. The molecule has 0 saturated carbocycles. The maximum absolute atomic E-state index is 13.3. The van der Waals surface area contributed by atoms with Gasteiger partial charge in [-0.2, -0.15) is 0 Å². The number of carbonyl (C=O) groups excluding carboxylic acids is 1. The lowest BCUT2D eigenvalue weighted by Gasteiger charge is -2.20. The third kappa shape index (κ3) is 4.76. The second kappa shape index (κ2) is 9.22. The first kappa shape index (κ1) is 20.3. The zero-order valence-corrected chi connectivity index (χ0v) is 18.2. The van der Waals surface area contributed by atoms with Gasteiger partial charge in [0.05, 0.1) is 23.0 Å². The largest absolute Gasteiger partial charge is 0.337 e. The van der Waals surface area contributed by atoms with Crippen LogP contribution in [0.1, 0.15) is 30.0 Å². The summed E-state index contributed by atoms with van der Waals surface area (Å²) < 4.78 is 3.17. The number of fused-ring (bicyclic) bond motifs is 1. The topological polar surface area (TPSA) is 51.0 Å². The van der Waals surface area contributed by atoms with E-state index in [0.29, 0.717) is 13.0 Å². The van der Waals surface area contributed by atoms with E-state index in [9.17, 15) is 4.79 Å². The van der Waals surface area contributed by atoms with E-state index >= 15 is 0 Å². The Morgan fingerprint density at radius 2 is 2.07 bits per heavy atom. The van der Waals surface area contributed by atoms with Gasteiger partial charge in [0.25, 0.3) is 0 Å². The number of rotatable bonds is 8. The summed E-state index contributed by atoms with van der Waals surface area (Å²) in [6, 6.07) is 14.5. The predicted octanol–water partition coefficient (Wildman–Crippen LogP) is 5.03. The van der Waals surface area contributed by atoms with Crippen molar-refractivity contribution >= 4 is 32.6 Å². The fraction of sp³-hybridized carbons (Fsp3) is 0.292. The number of imidazole rings is 1. The highest BCUT2D eigenvalue weighted by Crippen LogP contribution is 2.30.